The summed E-state index contributed by atoms with van der Waals surface area (Å²) in [4.78, 5) is 5.08. The minimum atomic E-state index is 0.779. The van der Waals surface area contributed by atoms with Gasteiger partial charge in [-0.15, -0.1) is 0 Å². The Labute approximate surface area is 189 Å². The van der Waals surface area contributed by atoms with Crippen LogP contribution in [0.4, 0.5) is 11.4 Å². The number of benzene rings is 3. The Morgan fingerprint density at radius 3 is 2.48 bits per heavy atom. The molecule has 0 fully saturated rings. The van der Waals surface area contributed by atoms with Crippen molar-refractivity contribution in [1.82, 2.24) is 4.90 Å². The number of nitrogens with zero attached hydrogens (tertiary/aromatic N) is 1. The van der Waals surface area contributed by atoms with Crippen LogP contribution in [0.15, 0.2) is 70.5 Å². The minimum absolute atomic E-state index is 0.779. The van der Waals surface area contributed by atoms with Crippen LogP contribution >= 0.6 is 11.8 Å². The number of para-hydroxylation sites is 1. The van der Waals surface area contributed by atoms with E-state index >= 15 is 0 Å². The number of likely N-dealkylation sites (N-methyl/N-ethyl adjacent to an activating group) is 1. The molecule has 5 heteroatoms. The molecule has 0 aromatic heterocycles. The molecule has 3 aromatic carbocycles. The summed E-state index contributed by atoms with van der Waals surface area (Å²) in [6.07, 6.45) is 3.22. The van der Waals surface area contributed by atoms with Gasteiger partial charge in [0, 0.05) is 16.3 Å². The van der Waals surface area contributed by atoms with Gasteiger partial charge in [-0.05, 0) is 74.3 Å². The molecule has 1 aliphatic rings. The van der Waals surface area contributed by atoms with Gasteiger partial charge in [0.2, 0.25) is 0 Å². The van der Waals surface area contributed by atoms with Crippen molar-refractivity contribution in [3.63, 3.8) is 0 Å². The number of ether oxygens (including phenoxy) is 2. The highest BCUT2D eigenvalue weighted by molar-refractivity contribution is 7.99. The molecule has 0 unspecified atom stereocenters. The molecule has 4 nitrogen and oxygen atoms in total. The fraction of sp³-hybridized carbons (Fsp3) is 0.308. The van der Waals surface area contributed by atoms with Gasteiger partial charge < -0.3 is 19.7 Å². The monoisotopic (exact) mass is 434 g/mol. The topological polar surface area (TPSA) is 33.7 Å². The van der Waals surface area contributed by atoms with Crippen LogP contribution in [0.5, 0.6) is 11.5 Å². The smallest absolute Gasteiger partial charge is 0.160 e. The predicted octanol–water partition coefficient (Wildman–Crippen LogP) is 6.02. The zero-order chi connectivity index (χ0) is 21.6. The Kier molecular flexibility index (Phi) is 7.05. The number of methoxy groups -OCH3 is 2. The van der Waals surface area contributed by atoms with E-state index in [0.717, 1.165) is 43.9 Å². The summed E-state index contributed by atoms with van der Waals surface area (Å²) in [6.45, 7) is 2.09. The van der Waals surface area contributed by atoms with Gasteiger partial charge in [-0.3, -0.25) is 0 Å². The fourth-order valence-electron chi connectivity index (χ4n) is 3.92. The van der Waals surface area contributed by atoms with E-state index in [1.807, 2.05) is 17.8 Å². The van der Waals surface area contributed by atoms with E-state index in [1.165, 1.54) is 32.3 Å². The Hall–Kier alpha value is -2.63. The van der Waals surface area contributed by atoms with Crippen molar-refractivity contribution < 1.29 is 9.47 Å². The number of hydrogen-bond acceptors (Lipinski definition) is 5. The first-order valence-corrected chi connectivity index (χ1v) is 11.5. The second-order valence-electron chi connectivity index (χ2n) is 7.86. The molecular weight excluding hydrogens is 404 g/mol. The third-order valence-electron chi connectivity index (χ3n) is 5.68. The van der Waals surface area contributed by atoms with Crippen LogP contribution in [-0.4, -0.2) is 39.3 Å². The first-order valence-electron chi connectivity index (χ1n) is 10.7. The summed E-state index contributed by atoms with van der Waals surface area (Å²) in [5.41, 5.74) is 5.12. The highest BCUT2D eigenvalue weighted by Crippen LogP contribution is 2.45. The lowest BCUT2D eigenvalue weighted by Gasteiger charge is -2.23. The standard InChI is InChI=1S/C26H30N2O2S/c1-28(17-15-19-13-14-23(29-2)24(18-19)30-3)16-7-9-20-8-6-11-22-26(20)31-25-12-5-4-10-21(25)27-22/h4-6,8,10-14,18,27H,7,9,15-17H2,1-3H3. The van der Waals surface area contributed by atoms with E-state index in [4.69, 9.17) is 9.47 Å². The average molecular weight is 435 g/mol. The lowest BCUT2D eigenvalue weighted by atomic mass is 10.1. The van der Waals surface area contributed by atoms with E-state index in [-0.39, 0.29) is 0 Å². The second-order valence-corrected chi connectivity index (χ2v) is 8.92. The zero-order valence-electron chi connectivity index (χ0n) is 18.5. The van der Waals surface area contributed by atoms with E-state index in [9.17, 15) is 0 Å². The number of anilines is 2. The maximum Gasteiger partial charge on any atom is 0.160 e. The number of fused-ring (bicyclic) bond motifs is 2. The molecule has 3 aromatic rings. The normalized spacial score (nSPS) is 12.1. The van der Waals surface area contributed by atoms with Gasteiger partial charge in [-0.2, -0.15) is 0 Å². The summed E-state index contributed by atoms with van der Waals surface area (Å²) in [5, 5.41) is 3.59. The van der Waals surface area contributed by atoms with Crippen molar-refractivity contribution in [1.29, 1.82) is 0 Å². The summed E-state index contributed by atoms with van der Waals surface area (Å²) in [6, 6.07) is 21.3. The van der Waals surface area contributed by atoms with Crippen LogP contribution in [0, 0.1) is 0 Å². The van der Waals surface area contributed by atoms with Crippen LogP contribution in [0.3, 0.4) is 0 Å². The summed E-state index contributed by atoms with van der Waals surface area (Å²) >= 11 is 1.88. The van der Waals surface area contributed by atoms with Crippen LogP contribution in [0.2, 0.25) is 0 Å². The number of aryl methyl sites for hydroxylation is 1. The van der Waals surface area contributed by atoms with Gasteiger partial charge in [0.15, 0.2) is 11.5 Å². The first-order chi connectivity index (χ1) is 15.2. The lowest BCUT2D eigenvalue weighted by Crippen LogP contribution is -2.23. The lowest BCUT2D eigenvalue weighted by molar-refractivity contribution is 0.332. The molecule has 0 atom stereocenters. The fourth-order valence-corrected chi connectivity index (χ4v) is 5.05. The van der Waals surface area contributed by atoms with Crippen LogP contribution < -0.4 is 14.8 Å². The molecule has 31 heavy (non-hydrogen) atoms. The molecule has 162 valence electrons. The van der Waals surface area contributed by atoms with Gasteiger partial charge in [0.25, 0.3) is 0 Å². The Morgan fingerprint density at radius 1 is 0.839 bits per heavy atom. The van der Waals surface area contributed by atoms with Crippen LogP contribution in [0.25, 0.3) is 0 Å². The number of hydrogen-bond donors (Lipinski definition) is 1. The van der Waals surface area contributed by atoms with Crippen molar-refractivity contribution >= 4 is 23.1 Å². The van der Waals surface area contributed by atoms with Crippen molar-refractivity contribution in [2.75, 3.05) is 39.7 Å². The van der Waals surface area contributed by atoms with Gasteiger partial charge in [0.05, 0.1) is 25.6 Å². The molecule has 0 bridgehead atoms. The molecule has 0 saturated heterocycles. The number of nitrogens with one attached hydrogen (secondary N) is 1. The Balaban J connectivity index is 1.29. The molecule has 0 spiro atoms. The van der Waals surface area contributed by atoms with Gasteiger partial charge >= 0.3 is 0 Å². The molecule has 1 N–H and O–H groups in total. The summed E-state index contributed by atoms with van der Waals surface area (Å²) in [7, 11) is 5.55. The third-order valence-corrected chi connectivity index (χ3v) is 6.94. The zero-order valence-corrected chi connectivity index (χ0v) is 19.3. The summed E-state index contributed by atoms with van der Waals surface area (Å²) < 4.78 is 10.7. The van der Waals surface area contributed by atoms with Crippen LogP contribution in [-0.2, 0) is 12.8 Å². The van der Waals surface area contributed by atoms with Crippen molar-refractivity contribution in [3.8, 4) is 11.5 Å². The third kappa shape index (κ3) is 5.17. The van der Waals surface area contributed by atoms with Crippen molar-refractivity contribution in [2.24, 2.45) is 0 Å². The van der Waals surface area contributed by atoms with E-state index < -0.39 is 0 Å². The molecule has 1 aliphatic heterocycles. The predicted molar refractivity (Wildman–Crippen MR) is 129 cm³/mol. The average Bonchev–Trinajstić information content (AvgIpc) is 2.81. The number of rotatable bonds is 9. The van der Waals surface area contributed by atoms with Gasteiger partial charge in [0.1, 0.15) is 0 Å². The Bertz CT molecular complexity index is 1040. The van der Waals surface area contributed by atoms with Gasteiger partial charge in [-0.1, -0.05) is 42.1 Å². The highest BCUT2D eigenvalue weighted by Gasteiger charge is 2.17. The minimum Gasteiger partial charge on any atom is -0.493 e. The first kappa shape index (κ1) is 21.6. The van der Waals surface area contributed by atoms with E-state index in [0.29, 0.717) is 0 Å². The van der Waals surface area contributed by atoms with Crippen LogP contribution in [0.1, 0.15) is 17.5 Å². The Morgan fingerprint density at radius 2 is 1.65 bits per heavy atom. The molecule has 0 amide bonds. The second kappa shape index (κ2) is 10.1. The molecule has 1 heterocycles. The maximum atomic E-state index is 5.42. The SMILES string of the molecule is COc1ccc(CCN(C)CCCc2cccc3c2Sc2ccccc2N3)cc1OC. The molecular formula is C26H30N2O2S. The maximum absolute atomic E-state index is 5.42. The highest BCUT2D eigenvalue weighted by atomic mass is 32.2. The quantitative estimate of drug-likeness (QED) is 0.348. The molecule has 0 saturated carbocycles. The largest absolute Gasteiger partial charge is 0.493 e. The van der Waals surface area contributed by atoms with E-state index in [2.05, 4.69) is 71.9 Å². The molecule has 0 aliphatic carbocycles. The van der Waals surface area contributed by atoms with Gasteiger partial charge in [-0.25, -0.2) is 0 Å². The molecule has 0 radical (unpaired) electrons. The van der Waals surface area contributed by atoms with E-state index in [1.54, 1.807) is 14.2 Å². The van der Waals surface area contributed by atoms with Crippen molar-refractivity contribution in [2.45, 2.75) is 29.1 Å². The van der Waals surface area contributed by atoms with Crippen molar-refractivity contribution in [3.05, 3.63) is 71.8 Å². The molecule has 4 rings (SSSR count). The summed E-state index contributed by atoms with van der Waals surface area (Å²) in [5.74, 6) is 1.57.